The van der Waals surface area contributed by atoms with Crippen molar-refractivity contribution in [3.63, 3.8) is 0 Å². The molecule has 0 aromatic rings. The fraction of sp³-hybridized carbons (Fsp3) is 1.00. The predicted octanol–water partition coefficient (Wildman–Crippen LogP) is 6.18. The maximum atomic E-state index is 12.4. The van der Waals surface area contributed by atoms with Gasteiger partial charge in [-0.05, 0) is 12.1 Å². The van der Waals surface area contributed by atoms with E-state index in [2.05, 4.69) is 21.3 Å². The van der Waals surface area contributed by atoms with Crippen LogP contribution in [0, 0.1) is 0 Å². The van der Waals surface area contributed by atoms with Crippen molar-refractivity contribution in [2.75, 3.05) is 27.2 Å². The van der Waals surface area contributed by atoms with Crippen LogP contribution in [0.25, 0.3) is 21.3 Å². The molecule has 11 heteroatoms. The van der Waals surface area contributed by atoms with Gasteiger partial charge in [-0.3, -0.25) is 0 Å². The van der Waals surface area contributed by atoms with Crippen LogP contribution >= 0.6 is 0 Å². The molecule has 0 aliphatic carbocycles. The summed E-state index contributed by atoms with van der Waals surface area (Å²) < 4.78 is 73.4. The summed E-state index contributed by atoms with van der Waals surface area (Å²) in [6.45, 7) is 7.51. The molecule has 0 aliphatic rings. The van der Waals surface area contributed by atoms with E-state index in [1.165, 1.54) is 14.1 Å². The van der Waals surface area contributed by atoms with E-state index in [0.29, 0.717) is 6.54 Å². The average Bonchev–Trinajstić information content (AvgIpc) is 2.50. The zero-order valence-electron chi connectivity index (χ0n) is 16.5. The van der Waals surface area contributed by atoms with Crippen molar-refractivity contribution in [1.29, 1.82) is 0 Å². The first-order valence-electron chi connectivity index (χ1n) is 8.47. The zero-order chi connectivity index (χ0) is 21.0. The summed E-state index contributed by atoms with van der Waals surface area (Å²) in [6, 6.07) is -3.70. The SMILES string of the molecule is CC[N-]C(C)CC([N-]CC)C(F)(F)F.C[N-]C(C)CC([N-]C)C(F)(F)F.[Cu]. The summed E-state index contributed by atoms with van der Waals surface area (Å²) in [5, 5.41) is 14.5. The molecule has 1 radical (unpaired) electrons. The van der Waals surface area contributed by atoms with Crippen molar-refractivity contribution in [2.24, 2.45) is 0 Å². The molecule has 0 saturated carbocycles. The molecule has 0 aromatic carbocycles. The summed E-state index contributed by atoms with van der Waals surface area (Å²) >= 11 is 0. The van der Waals surface area contributed by atoms with E-state index in [4.69, 9.17) is 0 Å². The third kappa shape index (κ3) is 16.6. The molecule has 4 nitrogen and oxygen atoms in total. The van der Waals surface area contributed by atoms with Crippen molar-refractivity contribution in [3.05, 3.63) is 21.3 Å². The Labute approximate surface area is 169 Å². The fourth-order valence-corrected chi connectivity index (χ4v) is 2.06. The second-order valence-corrected chi connectivity index (χ2v) is 5.80. The van der Waals surface area contributed by atoms with E-state index in [9.17, 15) is 26.3 Å². The minimum Gasteiger partial charge on any atom is -0.663 e. The monoisotopic (exact) mass is 455 g/mol. The summed E-state index contributed by atoms with van der Waals surface area (Å²) in [4.78, 5) is 0. The van der Waals surface area contributed by atoms with Crippen molar-refractivity contribution >= 4 is 0 Å². The second-order valence-electron chi connectivity index (χ2n) is 5.80. The normalized spacial score (nSPS) is 16.4. The fourth-order valence-electron chi connectivity index (χ4n) is 2.06. The first-order chi connectivity index (χ1) is 11.8. The van der Waals surface area contributed by atoms with Gasteiger partial charge in [-0.25, -0.2) is 0 Å². The Morgan fingerprint density at radius 2 is 1.07 bits per heavy atom. The van der Waals surface area contributed by atoms with Crippen LogP contribution in [0.5, 0.6) is 0 Å². The number of hydrogen-bond donors (Lipinski definition) is 0. The number of halogens is 6. The standard InChI is InChI=1S/C9H17F3N2.C7H13F3N2.Cu/c1-4-13-7(3)6-8(14-5-2)9(10,11)12;1-5(11-2)4-6(12-3)7(8,9)10;/h7-8H,4-6H2,1-3H3;5-6H,4H2,1-3H3;/q2*-2;. The Balaban J connectivity index is -0.000000416. The first kappa shape index (κ1) is 31.6. The van der Waals surface area contributed by atoms with Crippen LogP contribution in [-0.4, -0.2) is 63.7 Å². The van der Waals surface area contributed by atoms with Crippen LogP contribution in [0.2, 0.25) is 0 Å². The molecule has 4 unspecified atom stereocenters. The molecule has 0 spiro atoms. The summed E-state index contributed by atoms with van der Waals surface area (Å²) in [5.74, 6) is 0. The molecule has 0 amide bonds. The average molecular weight is 456 g/mol. The molecular weight excluding hydrogens is 426 g/mol. The molecule has 4 atom stereocenters. The molecule has 0 bridgehead atoms. The Hall–Kier alpha value is -0.0605. The number of rotatable bonds is 10. The number of nitrogens with zero attached hydrogens (tertiary/aromatic N) is 4. The Morgan fingerprint density at radius 3 is 1.37 bits per heavy atom. The number of alkyl halides is 6. The van der Waals surface area contributed by atoms with E-state index >= 15 is 0 Å². The van der Waals surface area contributed by atoms with Gasteiger partial charge in [0.1, 0.15) is 0 Å². The molecule has 0 N–H and O–H groups in total. The first-order valence-corrected chi connectivity index (χ1v) is 8.47. The molecule has 0 heterocycles. The molecular formula is C16H30CuF6N4-4. The largest absolute Gasteiger partial charge is 0.663 e. The van der Waals surface area contributed by atoms with Crippen molar-refractivity contribution in [2.45, 2.75) is 77.1 Å². The van der Waals surface area contributed by atoms with Crippen molar-refractivity contribution < 1.29 is 43.4 Å². The maximum absolute atomic E-state index is 12.4. The number of hydrogen-bond acceptors (Lipinski definition) is 0. The van der Waals surface area contributed by atoms with E-state index < -0.39 is 24.4 Å². The van der Waals surface area contributed by atoms with E-state index in [1.54, 1.807) is 20.8 Å². The zero-order valence-corrected chi connectivity index (χ0v) is 17.4. The van der Waals surface area contributed by atoms with Gasteiger partial charge in [0, 0.05) is 17.1 Å². The van der Waals surface area contributed by atoms with Gasteiger partial charge in [-0.1, -0.05) is 40.5 Å². The molecule has 0 aliphatic heterocycles. The summed E-state index contributed by atoms with van der Waals surface area (Å²) in [6.07, 6.45) is -8.55. The van der Waals surface area contributed by atoms with E-state index in [-0.39, 0.29) is 48.5 Å². The van der Waals surface area contributed by atoms with Crippen LogP contribution < -0.4 is 0 Å². The van der Waals surface area contributed by atoms with Crippen molar-refractivity contribution in [3.8, 4) is 0 Å². The van der Waals surface area contributed by atoms with Gasteiger partial charge >= 0.3 is 12.4 Å². The van der Waals surface area contributed by atoms with Crippen LogP contribution in [0.3, 0.4) is 0 Å². The third-order valence-electron chi connectivity index (χ3n) is 3.53. The van der Waals surface area contributed by atoms with Gasteiger partial charge in [0.2, 0.25) is 0 Å². The summed E-state index contributed by atoms with van der Waals surface area (Å²) in [5.41, 5.74) is 0. The van der Waals surface area contributed by atoms with Gasteiger partial charge in [0.25, 0.3) is 0 Å². The van der Waals surface area contributed by atoms with Gasteiger partial charge in [0.05, 0.1) is 0 Å². The van der Waals surface area contributed by atoms with E-state index in [1.807, 2.05) is 6.92 Å². The molecule has 0 saturated heterocycles. The van der Waals surface area contributed by atoms with E-state index in [0.717, 1.165) is 0 Å². The predicted molar refractivity (Wildman–Crippen MR) is 94.2 cm³/mol. The second kappa shape index (κ2) is 15.8. The van der Waals surface area contributed by atoms with Crippen LogP contribution in [0.1, 0.15) is 40.5 Å². The van der Waals surface area contributed by atoms with Crippen LogP contribution in [0.4, 0.5) is 26.3 Å². The maximum Gasteiger partial charge on any atom is 0.373 e. The Bertz CT molecular complexity index is 342. The molecule has 171 valence electrons. The van der Waals surface area contributed by atoms with Crippen molar-refractivity contribution in [1.82, 2.24) is 0 Å². The van der Waals surface area contributed by atoms with Gasteiger partial charge in [0.15, 0.2) is 0 Å². The third-order valence-corrected chi connectivity index (χ3v) is 3.53. The minimum absolute atomic E-state index is 0. The molecule has 0 aromatic heterocycles. The Morgan fingerprint density at radius 1 is 0.667 bits per heavy atom. The minimum atomic E-state index is -4.23. The van der Waals surface area contributed by atoms with Gasteiger partial charge in [-0.15, -0.1) is 12.1 Å². The quantitative estimate of drug-likeness (QED) is 0.279. The van der Waals surface area contributed by atoms with Crippen LogP contribution in [0.15, 0.2) is 0 Å². The molecule has 27 heavy (non-hydrogen) atoms. The Kier molecular flexibility index (Phi) is 18.5. The van der Waals surface area contributed by atoms with Crippen LogP contribution in [-0.2, 0) is 17.1 Å². The smallest absolute Gasteiger partial charge is 0.373 e. The topological polar surface area (TPSA) is 56.4 Å². The summed E-state index contributed by atoms with van der Waals surface area (Å²) in [7, 11) is 2.69. The van der Waals surface area contributed by atoms with Gasteiger partial charge < -0.3 is 21.3 Å². The van der Waals surface area contributed by atoms with Gasteiger partial charge in [-0.2, -0.15) is 53.5 Å². The molecule has 0 rings (SSSR count). The molecule has 0 fully saturated rings.